The van der Waals surface area contributed by atoms with Crippen molar-refractivity contribution in [1.82, 2.24) is 10.2 Å². The van der Waals surface area contributed by atoms with E-state index in [2.05, 4.69) is 34.5 Å². The smallest absolute Gasteiger partial charge is 0.234 e. The van der Waals surface area contributed by atoms with Crippen molar-refractivity contribution in [3.63, 3.8) is 0 Å². The highest BCUT2D eigenvalue weighted by molar-refractivity contribution is 5.77. The molecule has 1 atom stereocenters. The second-order valence-corrected chi connectivity index (χ2v) is 5.70. The Morgan fingerprint density at radius 2 is 2.19 bits per heavy atom. The Bertz CT molecular complexity index is 438. The summed E-state index contributed by atoms with van der Waals surface area (Å²) in [6.45, 7) is 3.73. The van der Waals surface area contributed by atoms with Crippen molar-refractivity contribution in [3.8, 4) is 0 Å². The Morgan fingerprint density at radius 1 is 1.43 bits per heavy atom. The Balaban J connectivity index is 1.70. The average molecular weight is 291 g/mol. The standard InChI is InChI=1S/C16H25N3O2/c1-18(9-10-20)13-16(21)17-11-14-7-8-19(12-14)15-5-3-2-4-6-15/h2-6,14,20H,7-13H2,1H3,(H,17,21)/t14-/m0/s1. The Kier molecular flexibility index (Phi) is 6.02. The van der Waals surface area contributed by atoms with Gasteiger partial charge >= 0.3 is 0 Å². The average Bonchev–Trinajstić information content (AvgIpc) is 2.95. The molecule has 1 saturated heterocycles. The summed E-state index contributed by atoms with van der Waals surface area (Å²) in [5.74, 6) is 0.543. The van der Waals surface area contributed by atoms with Crippen LogP contribution in [0.3, 0.4) is 0 Å². The topological polar surface area (TPSA) is 55.8 Å². The van der Waals surface area contributed by atoms with Gasteiger partial charge < -0.3 is 15.3 Å². The van der Waals surface area contributed by atoms with Crippen LogP contribution in [0.15, 0.2) is 30.3 Å². The van der Waals surface area contributed by atoms with Crippen LogP contribution in [0.5, 0.6) is 0 Å². The molecule has 1 aliphatic heterocycles. The molecule has 0 radical (unpaired) electrons. The molecule has 116 valence electrons. The number of carbonyl (C=O) groups excluding carboxylic acids is 1. The molecular formula is C16H25N3O2. The lowest BCUT2D eigenvalue weighted by Crippen LogP contribution is -2.38. The lowest BCUT2D eigenvalue weighted by Gasteiger charge is -2.19. The molecule has 0 unspecified atom stereocenters. The highest BCUT2D eigenvalue weighted by Crippen LogP contribution is 2.22. The summed E-state index contributed by atoms with van der Waals surface area (Å²) in [6.07, 6.45) is 1.11. The third-order valence-electron chi connectivity index (χ3n) is 3.89. The highest BCUT2D eigenvalue weighted by atomic mass is 16.3. The second kappa shape index (κ2) is 8.00. The lowest BCUT2D eigenvalue weighted by molar-refractivity contribution is -0.122. The van der Waals surface area contributed by atoms with Gasteiger partial charge in [-0.2, -0.15) is 0 Å². The molecule has 1 aromatic rings. The minimum atomic E-state index is 0.0316. The van der Waals surface area contributed by atoms with Gasteiger partial charge in [-0.1, -0.05) is 18.2 Å². The fourth-order valence-corrected chi connectivity index (χ4v) is 2.68. The maximum Gasteiger partial charge on any atom is 0.234 e. The maximum atomic E-state index is 11.8. The van der Waals surface area contributed by atoms with E-state index in [0.29, 0.717) is 19.0 Å². The van der Waals surface area contributed by atoms with Gasteiger partial charge in [-0.05, 0) is 31.5 Å². The molecule has 1 aliphatic rings. The molecule has 0 bridgehead atoms. The third-order valence-corrected chi connectivity index (χ3v) is 3.89. The van der Waals surface area contributed by atoms with Gasteiger partial charge in [0.05, 0.1) is 13.2 Å². The van der Waals surface area contributed by atoms with Crippen molar-refractivity contribution in [2.24, 2.45) is 5.92 Å². The molecule has 1 heterocycles. The summed E-state index contributed by atoms with van der Waals surface area (Å²) in [7, 11) is 1.84. The molecule has 0 aromatic heterocycles. The zero-order valence-corrected chi connectivity index (χ0v) is 12.7. The fraction of sp³-hybridized carbons (Fsp3) is 0.562. The lowest BCUT2D eigenvalue weighted by atomic mass is 10.1. The molecule has 5 heteroatoms. The van der Waals surface area contributed by atoms with Crippen molar-refractivity contribution in [1.29, 1.82) is 0 Å². The predicted molar refractivity (Wildman–Crippen MR) is 84.4 cm³/mol. The number of benzene rings is 1. The van der Waals surface area contributed by atoms with E-state index in [4.69, 9.17) is 5.11 Å². The zero-order valence-electron chi connectivity index (χ0n) is 12.7. The maximum absolute atomic E-state index is 11.8. The van der Waals surface area contributed by atoms with Crippen LogP contribution in [-0.4, -0.2) is 62.3 Å². The largest absolute Gasteiger partial charge is 0.395 e. The van der Waals surface area contributed by atoms with Crippen LogP contribution < -0.4 is 10.2 Å². The first-order valence-electron chi connectivity index (χ1n) is 7.55. The number of hydrogen-bond donors (Lipinski definition) is 2. The van der Waals surface area contributed by atoms with Crippen LogP contribution in [0, 0.1) is 5.92 Å². The van der Waals surface area contributed by atoms with Gasteiger partial charge in [0, 0.05) is 31.9 Å². The molecule has 2 N–H and O–H groups in total. The molecule has 21 heavy (non-hydrogen) atoms. The van der Waals surface area contributed by atoms with Crippen molar-refractivity contribution in [3.05, 3.63) is 30.3 Å². The van der Waals surface area contributed by atoms with E-state index in [0.717, 1.165) is 26.1 Å². The van der Waals surface area contributed by atoms with E-state index in [9.17, 15) is 4.79 Å². The van der Waals surface area contributed by atoms with Gasteiger partial charge in [0.1, 0.15) is 0 Å². The van der Waals surface area contributed by atoms with Gasteiger partial charge in [-0.25, -0.2) is 0 Å². The normalized spacial score (nSPS) is 18.2. The summed E-state index contributed by atoms with van der Waals surface area (Å²) in [5.41, 5.74) is 1.26. The molecule has 5 nitrogen and oxygen atoms in total. The van der Waals surface area contributed by atoms with Crippen LogP contribution in [0.4, 0.5) is 5.69 Å². The van der Waals surface area contributed by atoms with Gasteiger partial charge in [-0.15, -0.1) is 0 Å². The van der Waals surface area contributed by atoms with Crippen LogP contribution in [0.1, 0.15) is 6.42 Å². The molecular weight excluding hydrogens is 266 g/mol. The summed E-state index contributed by atoms with van der Waals surface area (Å²) >= 11 is 0. The molecule has 0 aliphatic carbocycles. The minimum Gasteiger partial charge on any atom is -0.395 e. The number of nitrogens with zero attached hydrogens (tertiary/aromatic N) is 2. The first-order chi connectivity index (χ1) is 10.2. The summed E-state index contributed by atoms with van der Waals surface area (Å²) in [6, 6.07) is 10.4. The highest BCUT2D eigenvalue weighted by Gasteiger charge is 2.22. The Morgan fingerprint density at radius 3 is 2.90 bits per heavy atom. The van der Waals surface area contributed by atoms with Crippen molar-refractivity contribution in [2.45, 2.75) is 6.42 Å². The quantitative estimate of drug-likeness (QED) is 0.770. The van der Waals surface area contributed by atoms with Crippen LogP contribution in [0.25, 0.3) is 0 Å². The summed E-state index contributed by atoms with van der Waals surface area (Å²) in [5, 5.41) is 11.8. The molecule has 2 rings (SSSR count). The molecule has 0 saturated carbocycles. The van der Waals surface area contributed by atoms with Crippen molar-refractivity contribution in [2.75, 3.05) is 51.3 Å². The van der Waals surface area contributed by atoms with E-state index < -0.39 is 0 Å². The minimum absolute atomic E-state index is 0.0316. The number of aliphatic hydroxyl groups is 1. The Hall–Kier alpha value is -1.59. The number of likely N-dealkylation sites (N-methyl/N-ethyl adjacent to an activating group) is 1. The fourth-order valence-electron chi connectivity index (χ4n) is 2.68. The van der Waals surface area contributed by atoms with Crippen molar-refractivity contribution >= 4 is 11.6 Å². The van der Waals surface area contributed by atoms with Gasteiger partial charge in [0.2, 0.25) is 5.91 Å². The first kappa shape index (κ1) is 15.8. The predicted octanol–water partition coefficient (Wildman–Crippen LogP) is 0.553. The SMILES string of the molecule is CN(CCO)CC(=O)NC[C@@H]1CCN(c2ccccc2)C1. The van der Waals surface area contributed by atoms with Gasteiger partial charge in [0.25, 0.3) is 0 Å². The van der Waals surface area contributed by atoms with Crippen LogP contribution >= 0.6 is 0 Å². The van der Waals surface area contributed by atoms with E-state index >= 15 is 0 Å². The summed E-state index contributed by atoms with van der Waals surface area (Å²) in [4.78, 5) is 16.0. The monoisotopic (exact) mass is 291 g/mol. The van der Waals surface area contributed by atoms with Gasteiger partial charge in [0.15, 0.2) is 0 Å². The first-order valence-corrected chi connectivity index (χ1v) is 7.55. The molecule has 1 fully saturated rings. The number of hydrogen-bond acceptors (Lipinski definition) is 4. The van der Waals surface area contributed by atoms with E-state index in [-0.39, 0.29) is 12.5 Å². The van der Waals surface area contributed by atoms with Crippen LogP contribution in [0.2, 0.25) is 0 Å². The zero-order chi connectivity index (χ0) is 15.1. The van der Waals surface area contributed by atoms with E-state index in [1.165, 1.54) is 5.69 Å². The number of nitrogens with one attached hydrogen (secondary N) is 1. The van der Waals surface area contributed by atoms with E-state index in [1.807, 2.05) is 18.0 Å². The number of anilines is 1. The van der Waals surface area contributed by atoms with E-state index in [1.54, 1.807) is 0 Å². The third kappa shape index (κ3) is 5.02. The van der Waals surface area contributed by atoms with Crippen molar-refractivity contribution < 1.29 is 9.90 Å². The molecule has 1 amide bonds. The number of aliphatic hydroxyl groups excluding tert-OH is 1. The number of amides is 1. The number of para-hydroxylation sites is 1. The second-order valence-electron chi connectivity index (χ2n) is 5.70. The van der Waals surface area contributed by atoms with Gasteiger partial charge in [-0.3, -0.25) is 9.69 Å². The van der Waals surface area contributed by atoms with Crippen LogP contribution in [-0.2, 0) is 4.79 Å². The molecule has 0 spiro atoms. The number of carbonyl (C=O) groups is 1. The number of rotatable bonds is 7. The Labute approximate surface area is 126 Å². The molecule has 1 aromatic carbocycles. The summed E-state index contributed by atoms with van der Waals surface area (Å²) < 4.78 is 0.